The minimum atomic E-state index is -1.03. The first-order chi connectivity index (χ1) is 14.5. The molecule has 2 heterocycles. The number of carbonyl (C=O) groups is 2. The molecule has 0 radical (unpaired) electrons. The van der Waals surface area contributed by atoms with Crippen molar-refractivity contribution < 1.29 is 14.7 Å². The minimum absolute atomic E-state index is 0.311. The monoisotopic (exact) mass is 439 g/mol. The Bertz CT molecular complexity index is 1190. The standard InChI is InChI=1S/C22H15Cl2N3O3/c23-16-7-3-1-5-12(16)14-9-18(25-11-19(28)29)27-21-15(14)10-26-22(30)20(21)13-6-2-4-8-17(13)24/h1-10,20H,11H2,(H,25,27)(H,28,29). The number of hydrogen-bond donors (Lipinski definition) is 2. The van der Waals surface area contributed by atoms with Crippen molar-refractivity contribution in [1.82, 2.24) is 4.98 Å². The molecule has 0 spiro atoms. The first kappa shape index (κ1) is 20.1. The molecule has 0 saturated heterocycles. The summed E-state index contributed by atoms with van der Waals surface area (Å²) in [6.07, 6.45) is 1.47. The van der Waals surface area contributed by atoms with Crippen molar-refractivity contribution in [1.29, 1.82) is 0 Å². The molecule has 2 N–H and O–H groups in total. The molecule has 1 unspecified atom stereocenters. The van der Waals surface area contributed by atoms with E-state index in [0.29, 0.717) is 38.2 Å². The van der Waals surface area contributed by atoms with E-state index in [2.05, 4.69) is 15.3 Å². The van der Waals surface area contributed by atoms with E-state index in [4.69, 9.17) is 28.3 Å². The topological polar surface area (TPSA) is 91.6 Å². The number of aliphatic imine (C=N–C) groups is 1. The van der Waals surface area contributed by atoms with Crippen LogP contribution in [0.5, 0.6) is 0 Å². The number of carboxylic acids is 1. The molecule has 0 aliphatic carbocycles. The number of aromatic nitrogens is 1. The Balaban J connectivity index is 1.96. The summed E-state index contributed by atoms with van der Waals surface area (Å²) in [5.41, 5.74) is 3.05. The first-order valence-corrected chi connectivity index (χ1v) is 9.79. The zero-order valence-corrected chi connectivity index (χ0v) is 17.0. The zero-order valence-electron chi connectivity index (χ0n) is 15.5. The Hall–Kier alpha value is -3.22. The Morgan fingerprint density at radius 3 is 2.43 bits per heavy atom. The van der Waals surface area contributed by atoms with E-state index in [1.54, 1.807) is 36.4 Å². The van der Waals surface area contributed by atoms with Crippen LogP contribution in [0, 0.1) is 0 Å². The summed E-state index contributed by atoms with van der Waals surface area (Å²) < 4.78 is 0. The van der Waals surface area contributed by atoms with Crippen LogP contribution in [0.25, 0.3) is 11.1 Å². The number of carbonyl (C=O) groups excluding carboxylic acids is 1. The van der Waals surface area contributed by atoms with Crippen LogP contribution in [-0.4, -0.2) is 34.7 Å². The molecule has 8 heteroatoms. The van der Waals surface area contributed by atoms with Gasteiger partial charge in [-0.15, -0.1) is 0 Å². The number of benzene rings is 2. The van der Waals surface area contributed by atoms with Crippen LogP contribution in [0.2, 0.25) is 10.0 Å². The summed E-state index contributed by atoms with van der Waals surface area (Å²) in [7, 11) is 0. The maximum Gasteiger partial charge on any atom is 0.322 e. The lowest BCUT2D eigenvalue weighted by molar-refractivity contribution is -0.135. The molecule has 1 aliphatic rings. The van der Waals surface area contributed by atoms with Gasteiger partial charge in [0.15, 0.2) is 0 Å². The SMILES string of the molecule is O=C(O)CNc1cc(-c2ccccc2Cl)c2c(n1)C(c1ccccc1Cl)C(=O)N=C2. The molecule has 150 valence electrons. The van der Waals surface area contributed by atoms with Crippen LogP contribution < -0.4 is 5.32 Å². The van der Waals surface area contributed by atoms with E-state index >= 15 is 0 Å². The number of pyridine rings is 1. The van der Waals surface area contributed by atoms with Gasteiger partial charge in [0.1, 0.15) is 18.3 Å². The number of aliphatic carboxylic acids is 1. The number of carboxylic acid groups (broad SMARTS) is 1. The number of hydrogen-bond acceptors (Lipinski definition) is 4. The first-order valence-electron chi connectivity index (χ1n) is 9.03. The van der Waals surface area contributed by atoms with Crippen molar-refractivity contribution >= 4 is 47.1 Å². The maximum atomic E-state index is 12.8. The molecule has 2 aromatic carbocycles. The molecule has 0 saturated carbocycles. The van der Waals surface area contributed by atoms with Gasteiger partial charge in [-0.3, -0.25) is 9.59 Å². The summed E-state index contributed by atoms with van der Waals surface area (Å²) in [4.78, 5) is 32.4. The molecule has 1 aliphatic heterocycles. The number of fused-ring (bicyclic) bond motifs is 1. The number of halogens is 2. The highest BCUT2D eigenvalue weighted by atomic mass is 35.5. The second kappa shape index (κ2) is 8.26. The fourth-order valence-electron chi connectivity index (χ4n) is 3.40. The molecular formula is C22H15Cl2N3O3. The van der Waals surface area contributed by atoms with Crippen LogP contribution in [0.4, 0.5) is 5.82 Å². The fourth-order valence-corrected chi connectivity index (χ4v) is 3.88. The van der Waals surface area contributed by atoms with E-state index in [9.17, 15) is 9.59 Å². The van der Waals surface area contributed by atoms with E-state index in [1.165, 1.54) is 6.21 Å². The number of anilines is 1. The van der Waals surface area contributed by atoms with Crippen molar-refractivity contribution in [2.75, 3.05) is 11.9 Å². The molecule has 1 amide bonds. The smallest absolute Gasteiger partial charge is 0.322 e. The van der Waals surface area contributed by atoms with Crippen LogP contribution in [0.3, 0.4) is 0 Å². The number of amides is 1. The van der Waals surface area contributed by atoms with Crippen LogP contribution in [0.1, 0.15) is 22.7 Å². The average Bonchev–Trinajstić information content (AvgIpc) is 2.73. The Morgan fingerprint density at radius 2 is 1.73 bits per heavy atom. The predicted octanol–water partition coefficient (Wildman–Crippen LogP) is 4.64. The molecule has 0 bridgehead atoms. The third-order valence-corrected chi connectivity index (χ3v) is 5.40. The number of nitrogens with one attached hydrogen (secondary N) is 1. The summed E-state index contributed by atoms with van der Waals surface area (Å²) >= 11 is 12.8. The number of nitrogens with zero attached hydrogens (tertiary/aromatic N) is 2. The Labute approximate surface area is 182 Å². The molecule has 1 atom stereocenters. The minimum Gasteiger partial charge on any atom is -0.480 e. The second-order valence-corrected chi connectivity index (χ2v) is 7.45. The van der Waals surface area contributed by atoms with E-state index in [1.807, 2.05) is 18.2 Å². The fraction of sp³-hybridized carbons (Fsp3) is 0.0909. The third kappa shape index (κ3) is 3.79. The van der Waals surface area contributed by atoms with E-state index in [0.717, 1.165) is 5.56 Å². The van der Waals surface area contributed by atoms with Crippen molar-refractivity contribution in [3.63, 3.8) is 0 Å². The Kier molecular flexibility index (Phi) is 5.53. The zero-order chi connectivity index (χ0) is 21.3. The van der Waals surface area contributed by atoms with Gasteiger partial charge in [-0.25, -0.2) is 9.98 Å². The van der Waals surface area contributed by atoms with Crippen LogP contribution in [-0.2, 0) is 9.59 Å². The van der Waals surface area contributed by atoms with Gasteiger partial charge >= 0.3 is 5.97 Å². The highest BCUT2D eigenvalue weighted by Crippen LogP contribution is 2.40. The van der Waals surface area contributed by atoms with Gasteiger partial charge in [-0.05, 0) is 29.3 Å². The second-order valence-electron chi connectivity index (χ2n) is 6.63. The lowest BCUT2D eigenvalue weighted by Crippen LogP contribution is -2.22. The van der Waals surface area contributed by atoms with Gasteiger partial charge in [-0.1, -0.05) is 59.6 Å². The highest BCUT2D eigenvalue weighted by molar-refractivity contribution is 6.33. The maximum absolute atomic E-state index is 12.8. The summed E-state index contributed by atoms with van der Waals surface area (Å²) in [5.74, 6) is -1.93. The Morgan fingerprint density at radius 1 is 1.03 bits per heavy atom. The van der Waals surface area contributed by atoms with Crippen molar-refractivity contribution in [3.8, 4) is 11.1 Å². The van der Waals surface area contributed by atoms with E-state index < -0.39 is 17.8 Å². The van der Waals surface area contributed by atoms with Crippen molar-refractivity contribution in [2.24, 2.45) is 4.99 Å². The molecule has 3 aromatic rings. The summed E-state index contributed by atoms with van der Waals surface area (Å²) in [6.45, 7) is -0.327. The molecule has 6 nitrogen and oxygen atoms in total. The van der Waals surface area contributed by atoms with Gasteiger partial charge in [0, 0.05) is 27.4 Å². The van der Waals surface area contributed by atoms with Crippen molar-refractivity contribution in [3.05, 3.63) is 81.5 Å². The van der Waals surface area contributed by atoms with Gasteiger partial charge in [0.05, 0.1) is 5.69 Å². The molecule has 4 rings (SSSR count). The predicted molar refractivity (Wildman–Crippen MR) is 117 cm³/mol. The summed E-state index contributed by atoms with van der Waals surface area (Å²) in [5, 5.41) is 12.8. The van der Waals surface area contributed by atoms with Crippen LogP contribution in [0.15, 0.2) is 59.6 Å². The third-order valence-electron chi connectivity index (χ3n) is 4.73. The molecular weight excluding hydrogens is 425 g/mol. The lowest BCUT2D eigenvalue weighted by Gasteiger charge is -2.23. The molecule has 0 fully saturated rings. The lowest BCUT2D eigenvalue weighted by atomic mass is 9.86. The normalized spacial score (nSPS) is 15.0. The largest absolute Gasteiger partial charge is 0.480 e. The van der Waals surface area contributed by atoms with E-state index in [-0.39, 0.29) is 6.54 Å². The average molecular weight is 440 g/mol. The number of rotatable bonds is 5. The van der Waals surface area contributed by atoms with Crippen LogP contribution >= 0.6 is 23.2 Å². The quantitative estimate of drug-likeness (QED) is 0.603. The van der Waals surface area contributed by atoms with Gasteiger partial charge < -0.3 is 10.4 Å². The van der Waals surface area contributed by atoms with Gasteiger partial charge in [0.25, 0.3) is 5.91 Å². The summed E-state index contributed by atoms with van der Waals surface area (Å²) in [6, 6.07) is 16.0. The van der Waals surface area contributed by atoms with Gasteiger partial charge in [0.2, 0.25) is 0 Å². The molecule has 30 heavy (non-hydrogen) atoms. The highest BCUT2D eigenvalue weighted by Gasteiger charge is 2.32. The van der Waals surface area contributed by atoms with Crippen molar-refractivity contribution in [2.45, 2.75) is 5.92 Å². The van der Waals surface area contributed by atoms with Gasteiger partial charge in [-0.2, -0.15) is 0 Å². The molecule has 1 aromatic heterocycles.